The van der Waals surface area contributed by atoms with Crippen molar-refractivity contribution in [1.82, 2.24) is 9.44 Å². The van der Waals surface area contributed by atoms with Gasteiger partial charge in [0.25, 0.3) is 0 Å². The van der Waals surface area contributed by atoms with Crippen LogP contribution in [0.5, 0.6) is 0 Å². The molecule has 3 N–H and O–H groups in total. The van der Waals surface area contributed by atoms with Gasteiger partial charge in [0, 0.05) is 26.0 Å². The molecule has 0 heterocycles. The summed E-state index contributed by atoms with van der Waals surface area (Å²) in [6, 6.07) is 0. The molecular formula is C21H46N2O11S2. The van der Waals surface area contributed by atoms with Crippen LogP contribution in [0.4, 0.5) is 0 Å². The summed E-state index contributed by atoms with van der Waals surface area (Å²) in [6.07, 6.45) is 0.941. The van der Waals surface area contributed by atoms with Gasteiger partial charge in [0.1, 0.15) is 0 Å². The van der Waals surface area contributed by atoms with E-state index in [9.17, 15) is 12.6 Å². The summed E-state index contributed by atoms with van der Waals surface area (Å²) in [5.74, 6) is 0.345. The van der Waals surface area contributed by atoms with Crippen molar-refractivity contribution < 1.29 is 50.9 Å². The van der Waals surface area contributed by atoms with Crippen molar-refractivity contribution in [2.24, 2.45) is 0 Å². The first-order valence-electron chi connectivity index (χ1n) is 12.2. The predicted molar refractivity (Wildman–Crippen MR) is 136 cm³/mol. The Bertz CT molecular complexity index is 586. The van der Waals surface area contributed by atoms with Crippen LogP contribution in [-0.2, 0) is 54.2 Å². The van der Waals surface area contributed by atoms with Gasteiger partial charge in [-0.3, -0.25) is 0 Å². The summed E-state index contributed by atoms with van der Waals surface area (Å²) in [7, 11) is -3.01. The summed E-state index contributed by atoms with van der Waals surface area (Å²) in [4.78, 5) is 0. The van der Waals surface area contributed by atoms with Gasteiger partial charge < -0.3 is 38.3 Å². The quantitative estimate of drug-likeness (QED) is 0.0885. The van der Waals surface area contributed by atoms with Gasteiger partial charge >= 0.3 is 0 Å². The maximum absolute atomic E-state index is 12.0. The first kappa shape index (κ1) is 35.7. The number of sulfonamides is 1. The van der Waals surface area contributed by atoms with Gasteiger partial charge in [0.15, 0.2) is 0 Å². The number of rotatable bonds is 30. The van der Waals surface area contributed by atoms with Crippen molar-refractivity contribution in [3.63, 3.8) is 0 Å². The van der Waals surface area contributed by atoms with Gasteiger partial charge in [-0.1, -0.05) is 0 Å². The van der Waals surface area contributed by atoms with E-state index in [1.165, 1.54) is 0 Å². The Labute approximate surface area is 218 Å². The van der Waals surface area contributed by atoms with Crippen LogP contribution in [0, 0.1) is 0 Å². The van der Waals surface area contributed by atoms with Crippen LogP contribution in [0.2, 0.25) is 0 Å². The molecule has 0 radical (unpaired) electrons. The van der Waals surface area contributed by atoms with Crippen molar-refractivity contribution in [2.45, 2.75) is 12.8 Å². The van der Waals surface area contributed by atoms with Crippen LogP contribution in [-0.4, -0.2) is 142 Å². The number of nitrogens with one attached hydrogen (secondary N) is 2. The van der Waals surface area contributed by atoms with E-state index in [-0.39, 0.29) is 25.5 Å². The van der Waals surface area contributed by atoms with Gasteiger partial charge in [-0.05, 0) is 12.8 Å². The molecule has 0 aliphatic heterocycles. The largest absolute Gasteiger partial charge is 0.394 e. The van der Waals surface area contributed by atoms with Crippen molar-refractivity contribution in [3.8, 4) is 0 Å². The van der Waals surface area contributed by atoms with E-state index in [0.717, 1.165) is 0 Å². The average Bonchev–Trinajstić information content (AvgIpc) is 2.86. The molecular weight excluding hydrogens is 520 g/mol. The van der Waals surface area contributed by atoms with Gasteiger partial charge in [-0.25, -0.2) is 22.1 Å². The molecule has 1 unspecified atom stereocenters. The fraction of sp³-hybridized carbons (Fsp3) is 1.00. The van der Waals surface area contributed by atoms with E-state index in [4.69, 9.17) is 38.3 Å². The number of unbranched alkanes of at least 4 members (excludes halogenated alkanes) is 1. The number of ether oxygens (including phenoxy) is 7. The third-order valence-corrected chi connectivity index (χ3v) is 6.88. The topological polar surface area (TPSA) is 160 Å². The number of methoxy groups -OCH3 is 1. The molecule has 0 aromatic rings. The van der Waals surface area contributed by atoms with Gasteiger partial charge in [-0.15, -0.1) is 0 Å². The van der Waals surface area contributed by atoms with E-state index >= 15 is 0 Å². The predicted octanol–water partition coefficient (Wildman–Crippen LogP) is -1.32. The van der Waals surface area contributed by atoms with Crippen LogP contribution in [0.1, 0.15) is 12.8 Å². The molecule has 0 aromatic carbocycles. The maximum Gasteiger partial charge on any atom is 0.211 e. The molecule has 218 valence electrons. The van der Waals surface area contributed by atoms with E-state index in [2.05, 4.69) is 9.44 Å². The number of aliphatic hydroxyl groups excluding tert-OH is 1. The molecule has 0 aliphatic carbocycles. The zero-order valence-electron chi connectivity index (χ0n) is 21.5. The lowest BCUT2D eigenvalue weighted by molar-refractivity contribution is 0.00445. The highest BCUT2D eigenvalue weighted by Crippen LogP contribution is 1.96. The van der Waals surface area contributed by atoms with Crippen molar-refractivity contribution in [1.29, 1.82) is 0 Å². The minimum absolute atomic E-state index is 0.00472. The Morgan fingerprint density at radius 1 is 0.667 bits per heavy atom. The van der Waals surface area contributed by atoms with Crippen LogP contribution in [0.15, 0.2) is 0 Å². The Balaban J connectivity index is 3.43. The van der Waals surface area contributed by atoms with E-state index in [0.29, 0.717) is 104 Å². The highest BCUT2D eigenvalue weighted by Gasteiger charge is 2.09. The van der Waals surface area contributed by atoms with Crippen molar-refractivity contribution >= 4 is 21.0 Å². The zero-order chi connectivity index (χ0) is 26.6. The first-order valence-corrected chi connectivity index (χ1v) is 15.1. The average molecular weight is 567 g/mol. The second-order valence-electron chi connectivity index (χ2n) is 7.25. The minimum Gasteiger partial charge on any atom is -0.394 e. The van der Waals surface area contributed by atoms with Crippen LogP contribution >= 0.6 is 0 Å². The normalized spacial score (nSPS) is 12.8. The molecule has 36 heavy (non-hydrogen) atoms. The summed E-state index contributed by atoms with van der Waals surface area (Å²) in [5.41, 5.74) is 0. The third-order valence-electron chi connectivity index (χ3n) is 4.23. The van der Waals surface area contributed by atoms with Gasteiger partial charge in [0.05, 0.1) is 109 Å². The minimum atomic E-state index is -3.39. The summed E-state index contributed by atoms with van der Waals surface area (Å²) in [5, 5.41) is 8.56. The van der Waals surface area contributed by atoms with Crippen molar-refractivity contribution in [3.05, 3.63) is 0 Å². The number of hydrogen-bond donors (Lipinski definition) is 3. The summed E-state index contributed by atoms with van der Waals surface area (Å²) >= 11 is 0. The third kappa shape index (κ3) is 28.3. The van der Waals surface area contributed by atoms with E-state index < -0.39 is 21.0 Å². The van der Waals surface area contributed by atoms with Crippen molar-refractivity contribution in [2.75, 3.05) is 124 Å². The monoisotopic (exact) mass is 566 g/mol. The van der Waals surface area contributed by atoms with Crippen LogP contribution in [0.3, 0.4) is 0 Å². The second-order valence-corrected chi connectivity index (χ2v) is 10.6. The van der Waals surface area contributed by atoms with Gasteiger partial charge in [-0.2, -0.15) is 0 Å². The molecule has 0 rings (SSSR count). The Morgan fingerprint density at radius 3 is 1.67 bits per heavy atom. The highest BCUT2D eigenvalue weighted by molar-refractivity contribution is 7.89. The van der Waals surface area contributed by atoms with E-state index in [1.807, 2.05) is 0 Å². The molecule has 0 aliphatic rings. The van der Waals surface area contributed by atoms with Crippen LogP contribution in [0.25, 0.3) is 0 Å². The molecule has 0 spiro atoms. The fourth-order valence-corrected chi connectivity index (χ4v) is 4.50. The molecule has 0 saturated carbocycles. The molecule has 1 atom stereocenters. The first-order chi connectivity index (χ1) is 17.5. The molecule has 0 amide bonds. The highest BCUT2D eigenvalue weighted by atomic mass is 32.2. The molecule has 0 saturated heterocycles. The maximum atomic E-state index is 12.0. The Morgan fingerprint density at radius 2 is 1.14 bits per heavy atom. The summed E-state index contributed by atoms with van der Waals surface area (Å²) < 4.78 is 77.7. The van der Waals surface area contributed by atoms with E-state index in [1.54, 1.807) is 7.11 Å². The molecule has 15 heteroatoms. The fourth-order valence-electron chi connectivity index (χ4n) is 2.46. The molecule has 13 nitrogen and oxygen atoms in total. The van der Waals surface area contributed by atoms with Crippen LogP contribution < -0.4 is 9.44 Å². The summed E-state index contributed by atoms with van der Waals surface area (Å²) in [6.45, 7) is 6.11. The lowest BCUT2D eigenvalue weighted by Gasteiger charge is -2.09. The Hall–Kier alpha value is -0.300. The zero-order valence-corrected chi connectivity index (χ0v) is 23.1. The Kier molecular flexibility index (Phi) is 27.5. The lowest BCUT2D eigenvalue weighted by Crippen LogP contribution is -2.30. The number of aliphatic hydroxyl groups is 1. The SMILES string of the molecule is COCCOCCOCCOCCNS(=O)(=O)CCCCS(=O)NCCOCCOCCOCCO. The smallest absolute Gasteiger partial charge is 0.211 e. The standard InChI is InChI=1S/C21H46N2O11S2/c1-28-10-11-32-18-19-34-16-13-30-8-5-23-36(26,27)21-3-2-20-35(25)22-4-7-29-12-15-33-17-14-31-9-6-24/h22-24H,2-21H2,1H3. The second kappa shape index (κ2) is 27.7. The molecule has 0 bridgehead atoms. The molecule has 0 aromatic heterocycles. The number of hydrogen-bond acceptors (Lipinski definition) is 11. The van der Waals surface area contributed by atoms with Gasteiger partial charge in [0.2, 0.25) is 10.0 Å². The lowest BCUT2D eigenvalue weighted by atomic mass is 10.4. The molecule has 0 fully saturated rings.